The lowest BCUT2D eigenvalue weighted by atomic mass is 10.2. The van der Waals surface area contributed by atoms with Crippen LogP contribution in [0.25, 0.3) is 0 Å². The summed E-state index contributed by atoms with van der Waals surface area (Å²) in [6.07, 6.45) is 5.27. The molecule has 0 atom stereocenters. The first-order valence-electron chi connectivity index (χ1n) is 7.74. The number of aromatic nitrogens is 3. The quantitative estimate of drug-likeness (QED) is 0.615. The number of pyridine rings is 2. The van der Waals surface area contributed by atoms with Crippen molar-refractivity contribution in [1.29, 1.82) is 0 Å². The molecule has 0 unspecified atom stereocenters. The molecule has 3 N–H and O–H groups in total. The van der Waals surface area contributed by atoms with E-state index < -0.39 is 0 Å². The van der Waals surface area contributed by atoms with Gasteiger partial charge in [0.15, 0.2) is 5.13 Å². The zero-order chi connectivity index (χ0) is 18.4. The molecule has 3 heterocycles. The standard InChI is InChI=1S/C17H15N5O3S/c23-14-5-3-11(8-19-14)16(25)22-17-21-13(10-26-17)4-6-15(24)20-12-2-1-7-18-9-12/h1-3,5,7-10H,4,6H2,(H,19,23)(H,20,24)(H,21,22,25). The molecule has 3 rings (SSSR count). The molecule has 26 heavy (non-hydrogen) atoms. The van der Waals surface area contributed by atoms with E-state index in [1.54, 1.807) is 29.9 Å². The number of nitrogens with zero attached hydrogens (tertiary/aromatic N) is 2. The number of amides is 2. The predicted molar refractivity (Wildman–Crippen MR) is 98.3 cm³/mol. The van der Waals surface area contributed by atoms with Crippen molar-refractivity contribution in [3.8, 4) is 0 Å². The lowest BCUT2D eigenvalue weighted by molar-refractivity contribution is -0.116. The number of aromatic amines is 1. The molecule has 0 bridgehead atoms. The summed E-state index contributed by atoms with van der Waals surface area (Å²) < 4.78 is 0. The van der Waals surface area contributed by atoms with Crippen LogP contribution in [0, 0.1) is 0 Å². The molecule has 0 saturated carbocycles. The first-order chi connectivity index (χ1) is 12.6. The average molecular weight is 369 g/mol. The molecule has 0 fully saturated rings. The molecule has 132 valence electrons. The summed E-state index contributed by atoms with van der Waals surface area (Å²) in [5.74, 6) is -0.499. The van der Waals surface area contributed by atoms with Gasteiger partial charge in [-0.15, -0.1) is 11.3 Å². The second kappa shape index (κ2) is 8.17. The molecule has 0 aliphatic heterocycles. The van der Waals surface area contributed by atoms with Crippen LogP contribution in [0.4, 0.5) is 10.8 Å². The second-order valence-electron chi connectivity index (χ2n) is 5.33. The van der Waals surface area contributed by atoms with Crippen molar-refractivity contribution in [2.24, 2.45) is 0 Å². The largest absolute Gasteiger partial charge is 0.328 e. The monoisotopic (exact) mass is 369 g/mol. The maximum absolute atomic E-state index is 12.1. The number of hydrogen-bond donors (Lipinski definition) is 3. The van der Waals surface area contributed by atoms with E-state index in [0.717, 1.165) is 0 Å². The number of anilines is 2. The third-order valence-corrected chi connectivity index (χ3v) is 4.18. The van der Waals surface area contributed by atoms with Gasteiger partial charge in [0.05, 0.1) is 23.1 Å². The van der Waals surface area contributed by atoms with Gasteiger partial charge >= 0.3 is 0 Å². The summed E-state index contributed by atoms with van der Waals surface area (Å²) in [6, 6.07) is 6.22. The number of H-pyrrole nitrogens is 1. The van der Waals surface area contributed by atoms with E-state index >= 15 is 0 Å². The van der Waals surface area contributed by atoms with Gasteiger partial charge in [-0.05, 0) is 24.6 Å². The highest BCUT2D eigenvalue weighted by molar-refractivity contribution is 7.14. The van der Waals surface area contributed by atoms with Crippen LogP contribution in [0.3, 0.4) is 0 Å². The molecular formula is C17H15N5O3S. The van der Waals surface area contributed by atoms with Crippen LogP contribution < -0.4 is 16.2 Å². The van der Waals surface area contributed by atoms with Gasteiger partial charge in [0.2, 0.25) is 11.5 Å². The lowest BCUT2D eigenvalue weighted by Crippen LogP contribution is -2.14. The Morgan fingerprint density at radius 3 is 2.81 bits per heavy atom. The van der Waals surface area contributed by atoms with Gasteiger partial charge in [-0.2, -0.15) is 0 Å². The summed E-state index contributed by atoms with van der Waals surface area (Å²) in [7, 11) is 0. The Balaban J connectivity index is 1.51. The molecule has 3 aromatic rings. The molecule has 0 radical (unpaired) electrons. The van der Waals surface area contributed by atoms with Gasteiger partial charge < -0.3 is 10.3 Å². The van der Waals surface area contributed by atoms with Crippen molar-refractivity contribution in [2.75, 3.05) is 10.6 Å². The Morgan fingerprint density at radius 1 is 1.19 bits per heavy atom. The summed E-state index contributed by atoms with van der Waals surface area (Å²) in [5, 5.41) is 7.64. The average Bonchev–Trinajstić information content (AvgIpc) is 3.09. The molecule has 0 spiro atoms. The summed E-state index contributed by atoms with van der Waals surface area (Å²) >= 11 is 1.27. The van der Waals surface area contributed by atoms with Crippen LogP contribution in [-0.4, -0.2) is 26.8 Å². The number of thiazole rings is 1. The van der Waals surface area contributed by atoms with Crippen molar-refractivity contribution in [3.63, 3.8) is 0 Å². The highest BCUT2D eigenvalue weighted by Crippen LogP contribution is 2.17. The van der Waals surface area contributed by atoms with E-state index in [4.69, 9.17) is 0 Å². The SMILES string of the molecule is O=C(CCc1csc(NC(=O)c2ccc(=O)[nH]c2)n1)Nc1cccnc1. The van der Waals surface area contributed by atoms with Crippen molar-refractivity contribution >= 4 is 34.0 Å². The summed E-state index contributed by atoms with van der Waals surface area (Å²) in [6.45, 7) is 0. The first kappa shape index (κ1) is 17.5. The third-order valence-electron chi connectivity index (χ3n) is 3.37. The highest BCUT2D eigenvalue weighted by Gasteiger charge is 2.10. The van der Waals surface area contributed by atoms with E-state index in [9.17, 15) is 14.4 Å². The van der Waals surface area contributed by atoms with Gasteiger partial charge in [-0.1, -0.05) is 0 Å². The third kappa shape index (κ3) is 4.84. The van der Waals surface area contributed by atoms with E-state index in [1.165, 1.54) is 29.7 Å². The van der Waals surface area contributed by atoms with Gasteiger partial charge in [0, 0.05) is 30.3 Å². The molecule has 0 aromatic carbocycles. The van der Waals surface area contributed by atoms with Crippen molar-refractivity contribution in [2.45, 2.75) is 12.8 Å². The van der Waals surface area contributed by atoms with E-state index in [0.29, 0.717) is 28.5 Å². The first-order valence-corrected chi connectivity index (χ1v) is 8.62. The number of hydrogen-bond acceptors (Lipinski definition) is 6. The fourth-order valence-electron chi connectivity index (χ4n) is 2.10. The molecular weight excluding hydrogens is 354 g/mol. The van der Waals surface area contributed by atoms with Crippen molar-refractivity contribution in [3.05, 3.63) is 69.8 Å². The van der Waals surface area contributed by atoms with Crippen LogP contribution >= 0.6 is 11.3 Å². The second-order valence-corrected chi connectivity index (χ2v) is 6.19. The number of nitrogens with one attached hydrogen (secondary N) is 3. The molecule has 0 aliphatic carbocycles. The minimum atomic E-state index is -0.364. The van der Waals surface area contributed by atoms with Gasteiger partial charge in [-0.25, -0.2) is 4.98 Å². The molecule has 3 aromatic heterocycles. The highest BCUT2D eigenvalue weighted by atomic mass is 32.1. The fraction of sp³-hybridized carbons (Fsp3) is 0.118. The maximum Gasteiger partial charge on any atom is 0.258 e. The summed E-state index contributed by atoms with van der Waals surface area (Å²) in [5.41, 5.74) is 1.41. The van der Waals surface area contributed by atoms with Crippen molar-refractivity contribution in [1.82, 2.24) is 15.0 Å². The van der Waals surface area contributed by atoms with E-state index in [-0.39, 0.29) is 23.8 Å². The van der Waals surface area contributed by atoms with E-state index in [1.807, 2.05) is 0 Å². The van der Waals surface area contributed by atoms with Gasteiger partial charge in [-0.3, -0.25) is 24.7 Å². The summed E-state index contributed by atoms with van der Waals surface area (Å²) in [4.78, 5) is 45.7. The number of rotatable bonds is 6. The number of aryl methyl sites for hydroxylation is 1. The Bertz CT molecular complexity index is 947. The van der Waals surface area contributed by atoms with Crippen LogP contribution in [0.5, 0.6) is 0 Å². The Hall–Kier alpha value is -3.33. The minimum absolute atomic E-state index is 0.134. The number of carbonyl (C=O) groups is 2. The Kier molecular flexibility index (Phi) is 5.49. The van der Waals surface area contributed by atoms with Gasteiger partial charge in [0.25, 0.3) is 5.91 Å². The maximum atomic E-state index is 12.1. The van der Waals surface area contributed by atoms with Crippen LogP contribution in [-0.2, 0) is 11.2 Å². The molecule has 0 saturated heterocycles. The topological polar surface area (TPSA) is 117 Å². The van der Waals surface area contributed by atoms with Gasteiger partial charge in [0.1, 0.15) is 0 Å². The Morgan fingerprint density at radius 2 is 2.08 bits per heavy atom. The number of carbonyl (C=O) groups excluding carboxylic acids is 2. The van der Waals surface area contributed by atoms with E-state index in [2.05, 4.69) is 25.6 Å². The molecule has 0 aliphatic rings. The van der Waals surface area contributed by atoms with Crippen LogP contribution in [0.2, 0.25) is 0 Å². The smallest absolute Gasteiger partial charge is 0.258 e. The predicted octanol–water partition coefficient (Wildman–Crippen LogP) is 2.05. The minimum Gasteiger partial charge on any atom is -0.328 e. The van der Waals surface area contributed by atoms with Crippen LogP contribution in [0.15, 0.2) is 53.0 Å². The normalized spacial score (nSPS) is 10.3. The Labute approximate surface area is 152 Å². The fourth-order valence-corrected chi connectivity index (χ4v) is 2.84. The molecule has 8 nitrogen and oxygen atoms in total. The van der Waals surface area contributed by atoms with Crippen molar-refractivity contribution < 1.29 is 9.59 Å². The molecule has 2 amide bonds. The van der Waals surface area contributed by atoms with Crippen LogP contribution in [0.1, 0.15) is 22.5 Å². The molecule has 9 heteroatoms. The zero-order valence-corrected chi connectivity index (χ0v) is 14.4. The zero-order valence-electron chi connectivity index (χ0n) is 13.6. The lowest BCUT2D eigenvalue weighted by Gasteiger charge is -2.03.